The largest absolute Gasteiger partial charge is 0.494 e. The van der Waals surface area contributed by atoms with Gasteiger partial charge in [-0.15, -0.1) is 11.3 Å². The molecule has 7 nitrogen and oxygen atoms in total. The maximum atomic E-state index is 12.8. The third-order valence-electron chi connectivity index (χ3n) is 6.06. The Bertz CT molecular complexity index is 1250. The molecule has 3 aromatic rings. The van der Waals surface area contributed by atoms with Gasteiger partial charge in [-0.1, -0.05) is 25.1 Å². The van der Waals surface area contributed by atoms with Crippen LogP contribution in [0, 0.1) is 11.3 Å². The number of pyridine rings is 1. The van der Waals surface area contributed by atoms with Crippen molar-refractivity contribution in [3.63, 3.8) is 0 Å². The molecule has 0 bridgehead atoms. The van der Waals surface area contributed by atoms with Crippen LogP contribution >= 0.6 is 11.3 Å². The van der Waals surface area contributed by atoms with Crippen molar-refractivity contribution < 1.29 is 14.3 Å². The number of hydrogen-bond acceptors (Lipinski definition) is 6. The van der Waals surface area contributed by atoms with Crippen molar-refractivity contribution in [2.75, 3.05) is 18.5 Å². The summed E-state index contributed by atoms with van der Waals surface area (Å²) in [5.41, 5.74) is 3.22. The van der Waals surface area contributed by atoms with Gasteiger partial charge < -0.3 is 15.0 Å². The summed E-state index contributed by atoms with van der Waals surface area (Å²) in [7, 11) is 0. The molecule has 1 atom stereocenters. The van der Waals surface area contributed by atoms with Gasteiger partial charge >= 0.3 is 0 Å². The quantitative estimate of drug-likeness (QED) is 0.497. The lowest BCUT2D eigenvalue weighted by atomic mass is 9.97. The van der Waals surface area contributed by atoms with Gasteiger partial charge in [0.1, 0.15) is 16.8 Å². The molecule has 1 aliphatic rings. The number of fused-ring (bicyclic) bond motifs is 1. The number of nitrogens with one attached hydrogen (secondary N) is 1. The van der Waals surface area contributed by atoms with Crippen molar-refractivity contribution in [2.24, 2.45) is 0 Å². The molecule has 2 amide bonds. The van der Waals surface area contributed by atoms with Crippen molar-refractivity contribution in [2.45, 2.75) is 45.6 Å². The van der Waals surface area contributed by atoms with Crippen LogP contribution in [0.1, 0.15) is 53.4 Å². The van der Waals surface area contributed by atoms with E-state index in [9.17, 15) is 14.9 Å². The third kappa shape index (κ3) is 5.87. The first-order chi connectivity index (χ1) is 17.0. The zero-order chi connectivity index (χ0) is 24.8. The number of aromatic nitrogens is 1. The highest BCUT2D eigenvalue weighted by molar-refractivity contribution is 7.16. The lowest BCUT2D eigenvalue weighted by Crippen LogP contribution is -2.36. The molecular formula is C27H28N4O3S. The smallest absolute Gasteiger partial charge is 0.228 e. The van der Waals surface area contributed by atoms with Crippen molar-refractivity contribution in [1.29, 1.82) is 5.26 Å². The Balaban J connectivity index is 1.41. The Morgan fingerprint density at radius 2 is 2.14 bits per heavy atom. The maximum absolute atomic E-state index is 12.8. The minimum Gasteiger partial charge on any atom is -0.494 e. The molecule has 1 aromatic carbocycles. The number of hydrogen-bond donors (Lipinski definition) is 1. The zero-order valence-electron chi connectivity index (χ0n) is 19.9. The van der Waals surface area contributed by atoms with Gasteiger partial charge in [-0.25, -0.2) is 0 Å². The van der Waals surface area contributed by atoms with Crippen molar-refractivity contribution >= 4 is 28.2 Å². The predicted octanol–water partition coefficient (Wildman–Crippen LogP) is 4.67. The average Bonchev–Trinajstić information content (AvgIpc) is 3.20. The summed E-state index contributed by atoms with van der Waals surface area (Å²) in [5, 5.41) is 13.3. The maximum Gasteiger partial charge on any atom is 0.228 e. The minimum atomic E-state index is -0.141. The second kappa shape index (κ2) is 11.2. The van der Waals surface area contributed by atoms with Crippen LogP contribution in [-0.4, -0.2) is 34.8 Å². The molecule has 2 aromatic heterocycles. The van der Waals surface area contributed by atoms with Crippen LogP contribution in [-0.2, 0) is 29.0 Å². The summed E-state index contributed by atoms with van der Waals surface area (Å²) in [5.74, 6) is 0.653. The van der Waals surface area contributed by atoms with Gasteiger partial charge in [0.25, 0.3) is 0 Å². The number of amides is 2. The molecule has 8 heteroatoms. The Hall–Kier alpha value is -3.70. The first kappa shape index (κ1) is 24.4. The lowest BCUT2D eigenvalue weighted by Gasteiger charge is -2.27. The fraction of sp³-hybridized carbons (Fsp3) is 0.333. The fourth-order valence-corrected chi connectivity index (χ4v) is 5.47. The predicted molar refractivity (Wildman–Crippen MR) is 135 cm³/mol. The number of carbonyl (C=O) groups excluding carboxylic acids is 2. The highest BCUT2D eigenvalue weighted by Crippen LogP contribution is 2.37. The standard InChI is InChI=1S/C27H28N4O3S/c1-3-34-21-9-6-7-19(14-21)18(2)13-25(32)30-27-23(16-28)22-10-12-31(17-24(22)35-27)26(33)15-20-8-4-5-11-29-20/h4-9,11,14,18H,3,10,12-13,15,17H2,1-2H3,(H,30,32). The average molecular weight is 489 g/mol. The number of thiophene rings is 1. The lowest BCUT2D eigenvalue weighted by molar-refractivity contribution is -0.131. The summed E-state index contributed by atoms with van der Waals surface area (Å²) in [6.45, 7) is 5.51. The van der Waals surface area contributed by atoms with Crippen LogP contribution in [0.4, 0.5) is 5.00 Å². The molecule has 0 aliphatic carbocycles. The van der Waals surface area contributed by atoms with Crippen LogP contribution in [0.15, 0.2) is 48.7 Å². The molecule has 1 N–H and O–H groups in total. The highest BCUT2D eigenvalue weighted by Gasteiger charge is 2.28. The second-order valence-corrected chi connectivity index (χ2v) is 9.65. The van der Waals surface area contributed by atoms with E-state index in [1.807, 2.05) is 56.3 Å². The molecule has 1 aliphatic heterocycles. The van der Waals surface area contributed by atoms with Crippen LogP contribution in [0.25, 0.3) is 0 Å². The van der Waals surface area contributed by atoms with Crippen molar-refractivity contribution in [3.8, 4) is 11.8 Å². The molecule has 0 spiro atoms. The van der Waals surface area contributed by atoms with Crippen LogP contribution in [0.3, 0.4) is 0 Å². The molecule has 3 heterocycles. The molecule has 35 heavy (non-hydrogen) atoms. The molecule has 0 radical (unpaired) electrons. The Morgan fingerprint density at radius 1 is 1.29 bits per heavy atom. The highest BCUT2D eigenvalue weighted by atomic mass is 32.1. The number of carbonyl (C=O) groups is 2. The number of ether oxygens (including phenoxy) is 1. The molecule has 0 fully saturated rings. The minimum absolute atomic E-state index is 0.00441. The van der Waals surface area contributed by atoms with Crippen LogP contribution in [0.2, 0.25) is 0 Å². The molecule has 0 saturated heterocycles. The number of rotatable bonds is 8. The fourth-order valence-electron chi connectivity index (χ4n) is 4.24. The summed E-state index contributed by atoms with van der Waals surface area (Å²) < 4.78 is 5.57. The van der Waals surface area contributed by atoms with E-state index in [4.69, 9.17) is 4.74 Å². The van der Waals surface area contributed by atoms with Crippen molar-refractivity contribution in [3.05, 3.63) is 75.9 Å². The van der Waals surface area contributed by atoms with Gasteiger partial charge in [-0.05, 0) is 54.7 Å². The summed E-state index contributed by atoms with van der Waals surface area (Å²) in [6, 6.07) is 15.6. The first-order valence-corrected chi connectivity index (χ1v) is 12.5. The second-order valence-electron chi connectivity index (χ2n) is 8.54. The van der Waals surface area contributed by atoms with Gasteiger partial charge in [0.05, 0.1) is 25.1 Å². The Kier molecular flexibility index (Phi) is 7.78. The molecule has 0 saturated carbocycles. The van der Waals surface area contributed by atoms with E-state index in [0.29, 0.717) is 36.7 Å². The summed E-state index contributed by atoms with van der Waals surface area (Å²) >= 11 is 1.39. The van der Waals surface area contributed by atoms with Crippen LogP contribution in [0.5, 0.6) is 5.75 Å². The molecule has 1 unspecified atom stereocenters. The molecular weight excluding hydrogens is 460 g/mol. The van der Waals surface area contributed by atoms with Gasteiger partial charge in [-0.3, -0.25) is 14.6 Å². The number of benzene rings is 1. The molecule has 180 valence electrons. The SMILES string of the molecule is CCOc1cccc(C(C)CC(=O)Nc2sc3c(c2C#N)CCN(C(=O)Cc2ccccn2)C3)c1. The van der Waals surface area contributed by atoms with E-state index in [2.05, 4.69) is 16.4 Å². The van der Waals surface area contributed by atoms with Crippen LogP contribution < -0.4 is 10.1 Å². The molecule has 4 rings (SSSR count). The Labute approximate surface area is 209 Å². The van der Waals surface area contributed by atoms with Gasteiger partial charge in [0, 0.05) is 29.7 Å². The zero-order valence-corrected chi connectivity index (χ0v) is 20.7. The summed E-state index contributed by atoms with van der Waals surface area (Å²) in [4.78, 5) is 32.6. The first-order valence-electron chi connectivity index (χ1n) is 11.7. The number of nitriles is 1. The van der Waals surface area contributed by atoms with Gasteiger partial charge in [-0.2, -0.15) is 5.26 Å². The number of nitrogens with zero attached hydrogens (tertiary/aromatic N) is 3. The van der Waals surface area contributed by atoms with E-state index in [1.165, 1.54) is 11.3 Å². The van der Waals surface area contributed by atoms with E-state index in [0.717, 1.165) is 27.4 Å². The third-order valence-corrected chi connectivity index (χ3v) is 7.19. The van der Waals surface area contributed by atoms with E-state index in [-0.39, 0.29) is 30.6 Å². The van der Waals surface area contributed by atoms with E-state index < -0.39 is 0 Å². The van der Waals surface area contributed by atoms with Gasteiger partial charge in [0.2, 0.25) is 11.8 Å². The summed E-state index contributed by atoms with van der Waals surface area (Å²) in [6.07, 6.45) is 2.82. The normalized spacial score (nSPS) is 13.5. The monoisotopic (exact) mass is 488 g/mol. The van der Waals surface area contributed by atoms with E-state index in [1.54, 1.807) is 11.1 Å². The number of anilines is 1. The van der Waals surface area contributed by atoms with Crippen molar-refractivity contribution in [1.82, 2.24) is 9.88 Å². The van der Waals surface area contributed by atoms with Gasteiger partial charge in [0.15, 0.2) is 0 Å². The van der Waals surface area contributed by atoms with E-state index >= 15 is 0 Å². The topological polar surface area (TPSA) is 95.3 Å². The Morgan fingerprint density at radius 3 is 2.89 bits per heavy atom.